The Hall–Kier alpha value is -1.07. The van der Waals surface area contributed by atoms with Crippen molar-refractivity contribution >= 4 is 5.78 Å². The van der Waals surface area contributed by atoms with Crippen LogP contribution in [0.15, 0.2) is 11.6 Å². The number of allylic oxidation sites excluding steroid dienone is 1. The molecule has 1 N–H and O–H groups in total. The van der Waals surface area contributed by atoms with E-state index < -0.39 is 5.60 Å². The predicted molar refractivity (Wildman–Crippen MR) is 90.5 cm³/mol. The highest BCUT2D eigenvalue weighted by Crippen LogP contribution is 2.67. The van der Waals surface area contributed by atoms with Crippen LogP contribution in [-0.2, 0) is 4.79 Å². The van der Waals surface area contributed by atoms with Crippen LogP contribution >= 0.6 is 0 Å². The van der Waals surface area contributed by atoms with Gasteiger partial charge >= 0.3 is 0 Å². The lowest BCUT2D eigenvalue weighted by Crippen LogP contribution is -2.54. The lowest BCUT2D eigenvalue weighted by Gasteiger charge is -2.58. The lowest BCUT2D eigenvalue weighted by molar-refractivity contribution is -0.119. The third-order valence-corrected chi connectivity index (χ3v) is 8.35. The van der Waals surface area contributed by atoms with E-state index in [1.807, 2.05) is 6.08 Å². The molecular formula is C21H28O2. The Labute approximate surface area is 139 Å². The molecule has 0 spiro atoms. The first-order valence-electron chi connectivity index (χ1n) is 9.28. The highest BCUT2D eigenvalue weighted by Gasteiger charge is 2.63. The van der Waals surface area contributed by atoms with E-state index >= 15 is 0 Å². The summed E-state index contributed by atoms with van der Waals surface area (Å²) in [4.78, 5) is 11.8. The molecule has 0 amide bonds. The van der Waals surface area contributed by atoms with Crippen molar-refractivity contribution in [1.82, 2.24) is 0 Å². The second kappa shape index (κ2) is 4.73. The second-order valence-corrected chi connectivity index (χ2v) is 8.97. The molecule has 124 valence electrons. The SMILES string of the molecule is C#C[C@]1(O)CC[C@H]2C3CCC4=CC(=O)CCC4(C)[C@H]3CCC21C. The number of terminal acetylenes is 1. The summed E-state index contributed by atoms with van der Waals surface area (Å²) < 4.78 is 0. The summed E-state index contributed by atoms with van der Waals surface area (Å²) in [5, 5.41) is 11.0. The van der Waals surface area contributed by atoms with Gasteiger partial charge in [0.25, 0.3) is 0 Å². The minimum Gasteiger partial charge on any atom is -0.377 e. The molecule has 4 aliphatic carbocycles. The molecule has 4 rings (SSSR count). The standard InChI is InChI=1S/C21H28O2/c1-4-21(23)12-9-18-16-6-5-14-13-15(22)7-10-19(14,2)17(16)8-11-20(18,21)3/h1,13,16-18,23H,5-12H2,2-3H3/t16?,17-,18-,19?,20?,21-/m0/s1. The molecular weight excluding hydrogens is 284 g/mol. The van der Waals surface area contributed by atoms with E-state index in [1.165, 1.54) is 12.0 Å². The van der Waals surface area contributed by atoms with Gasteiger partial charge in [-0.1, -0.05) is 25.3 Å². The summed E-state index contributed by atoms with van der Waals surface area (Å²) in [6.07, 6.45) is 15.6. The monoisotopic (exact) mass is 312 g/mol. The highest BCUT2D eigenvalue weighted by atomic mass is 16.3. The number of ketones is 1. The van der Waals surface area contributed by atoms with Gasteiger partial charge in [0.1, 0.15) is 5.60 Å². The summed E-state index contributed by atoms with van der Waals surface area (Å²) >= 11 is 0. The molecule has 0 aromatic heterocycles. The molecule has 0 saturated heterocycles. The minimum atomic E-state index is -0.914. The maximum absolute atomic E-state index is 11.8. The number of hydrogen-bond donors (Lipinski definition) is 1. The van der Waals surface area contributed by atoms with Crippen LogP contribution in [0.3, 0.4) is 0 Å². The minimum absolute atomic E-state index is 0.120. The summed E-state index contributed by atoms with van der Waals surface area (Å²) in [6.45, 7) is 4.63. The van der Waals surface area contributed by atoms with Gasteiger partial charge in [-0.3, -0.25) is 4.79 Å². The van der Waals surface area contributed by atoms with Crippen LogP contribution in [0.5, 0.6) is 0 Å². The zero-order valence-corrected chi connectivity index (χ0v) is 14.4. The Balaban J connectivity index is 1.70. The summed E-state index contributed by atoms with van der Waals surface area (Å²) in [6, 6.07) is 0. The molecule has 0 heterocycles. The third kappa shape index (κ3) is 1.84. The fraction of sp³-hybridized carbons (Fsp3) is 0.762. The Morgan fingerprint density at radius 2 is 1.87 bits per heavy atom. The average molecular weight is 312 g/mol. The first-order chi connectivity index (χ1) is 10.8. The van der Waals surface area contributed by atoms with Crippen molar-refractivity contribution in [2.45, 2.75) is 70.8 Å². The van der Waals surface area contributed by atoms with E-state index in [1.54, 1.807) is 0 Å². The number of rotatable bonds is 0. The van der Waals surface area contributed by atoms with E-state index in [2.05, 4.69) is 19.8 Å². The largest absolute Gasteiger partial charge is 0.377 e. The van der Waals surface area contributed by atoms with Crippen LogP contribution in [0.25, 0.3) is 0 Å². The molecule has 0 bridgehead atoms. The lowest BCUT2D eigenvalue weighted by atomic mass is 9.46. The third-order valence-electron chi connectivity index (χ3n) is 8.35. The molecule has 0 aromatic rings. The van der Waals surface area contributed by atoms with E-state index in [-0.39, 0.29) is 10.8 Å². The molecule has 2 nitrogen and oxygen atoms in total. The van der Waals surface area contributed by atoms with Crippen molar-refractivity contribution in [2.75, 3.05) is 0 Å². The van der Waals surface area contributed by atoms with Crippen LogP contribution in [0.2, 0.25) is 0 Å². The number of aliphatic hydroxyl groups is 1. The second-order valence-electron chi connectivity index (χ2n) is 8.97. The number of hydrogen-bond acceptors (Lipinski definition) is 2. The molecule has 3 fully saturated rings. The van der Waals surface area contributed by atoms with E-state index in [4.69, 9.17) is 6.42 Å². The Morgan fingerprint density at radius 1 is 1.13 bits per heavy atom. The molecule has 6 atom stereocenters. The Kier molecular flexibility index (Phi) is 3.18. The van der Waals surface area contributed by atoms with Crippen molar-refractivity contribution in [1.29, 1.82) is 0 Å². The Morgan fingerprint density at radius 3 is 2.61 bits per heavy atom. The van der Waals surface area contributed by atoms with Gasteiger partial charge in [-0.05, 0) is 74.2 Å². The van der Waals surface area contributed by atoms with Crippen molar-refractivity contribution in [3.8, 4) is 12.3 Å². The quantitative estimate of drug-likeness (QED) is 0.689. The van der Waals surface area contributed by atoms with Crippen molar-refractivity contribution in [3.63, 3.8) is 0 Å². The normalized spacial score (nSPS) is 52.0. The number of carbonyl (C=O) groups excluding carboxylic acids is 1. The summed E-state index contributed by atoms with van der Waals surface area (Å²) in [5.74, 6) is 4.93. The summed E-state index contributed by atoms with van der Waals surface area (Å²) in [7, 11) is 0. The van der Waals surface area contributed by atoms with Crippen molar-refractivity contribution < 1.29 is 9.90 Å². The zero-order valence-electron chi connectivity index (χ0n) is 14.4. The van der Waals surface area contributed by atoms with Gasteiger partial charge in [0.2, 0.25) is 0 Å². The first-order valence-corrected chi connectivity index (χ1v) is 9.28. The average Bonchev–Trinajstić information content (AvgIpc) is 2.80. The van der Waals surface area contributed by atoms with Gasteiger partial charge in [-0.25, -0.2) is 0 Å². The maximum atomic E-state index is 11.8. The molecule has 3 saturated carbocycles. The summed E-state index contributed by atoms with van der Waals surface area (Å²) in [5.41, 5.74) is 0.575. The van der Waals surface area contributed by atoms with Gasteiger partial charge in [0.15, 0.2) is 5.78 Å². The maximum Gasteiger partial charge on any atom is 0.155 e. The zero-order chi connectivity index (χ0) is 16.5. The topological polar surface area (TPSA) is 37.3 Å². The molecule has 23 heavy (non-hydrogen) atoms. The van der Waals surface area contributed by atoms with Gasteiger partial charge < -0.3 is 5.11 Å². The van der Waals surface area contributed by atoms with Gasteiger partial charge in [0.05, 0.1) is 0 Å². The van der Waals surface area contributed by atoms with Crippen LogP contribution in [0.1, 0.15) is 65.2 Å². The molecule has 2 heteroatoms. The van der Waals surface area contributed by atoms with Crippen LogP contribution in [-0.4, -0.2) is 16.5 Å². The number of carbonyl (C=O) groups is 1. The van der Waals surface area contributed by atoms with Crippen LogP contribution < -0.4 is 0 Å². The van der Waals surface area contributed by atoms with Gasteiger partial charge in [0, 0.05) is 11.8 Å². The van der Waals surface area contributed by atoms with Crippen LogP contribution in [0.4, 0.5) is 0 Å². The molecule has 4 aliphatic rings. The molecule has 3 unspecified atom stereocenters. The van der Waals surface area contributed by atoms with E-state index in [9.17, 15) is 9.90 Å². The van der Waals surface area contributed by atoms with Crippen molar-refractivity contribution in [2.24, 2.45) is 28.6 Å². The van der Waals surface area contributed by atoms with E-state index in [0.29, 0.717) is 30.0 Å². The fourth-order valence-electron chi connectivity index (χ4n) is 6.81. The molecule has 0 radical (unpaired) electrons. The van der Waals surface area contributed by atoms with Gasteiger partial charge in [-0.15, -0.1) is 6.42 Å². The van der Waals surface area contributed by atoms with Crippen molar-refractivity contribution in [3.05, 3.63) is 11.6 Å². The predicted octanol–water partition coefficient (Wildman–Crippen LogP) is 3.88. The highest BCUT2D eigenvalue weighted by molar-refractivity contribution is 5.91. The smallest absolute Gasteiger partial charge is 0.155 e. The van der Waals surface area contributed by atoms with Crippen LogP contribution in [0, 0.1) is 40.9 Å². The fourth-order valence-corrected chi connectivity index (χ4v) is 6.81. The Bertz CT molecular complexity index is 626. The van der Waals surface area contributed by atoms with E-state index in [0.717, 1.165) is 38.5 Å². The first kappa shape index (κ1) is 15.5. The van der Waals surface area contributed by atoms with Gasteiger partial charge in [-0.2, -0.15) is 0 Å². The molecule has 0 aromatic carbocycles. The number of fused-ring (bicyclic) bond motifs is 5. The molecule has 0 aliphatic heterocycles.